The number of hydrogen-bond acceptors (Lipinski definition) is 4. The van der Waals surface area contributed by atoms with Crippen LogP contribution in [0.15, 0.2) is 53.0 Å². The van der Waals surface area contributed by atoms with Gasteiger partial charge in [-0.05, 0) is 68.0 Å². The van der Waals surface area contributed by atoms with Gasteiger partial charge in [0, 0.05) is 40.1 Å². The fourth-order valence-electron chi connectivity index (χ4n) is 4.37. The van der Waals surface area contributed by atoms with Crippen molar-refractivity contribution >= 4 is 50.7 Å². The highest BCUT2D eigenvalue weighted by molar-refractivity contribution is 9.10. The van der Waals surface area contributed by atoms with E-state index in [-0.39, 0.29) is 17.9 Å². The lowest BCUT2D eigenvalue weighted by molar-refractivity contribution is 0.0598. The maximum absolute atomic E-state index is 13.8. The SMILES string of the molecule is O=C(NC[C@@H]1CCCCN1C(=O)c1nc(C2CC2)sc1-c1cccc(Cl)c1)c1cccc(Br)c1. The molecule has 2 heterocycles. The Morgan fingerprint density at radius 1 is 1.12 bits per heavy atom. The molecule has 1 aliphatic heterocycles. The third kappa shape index (κ3) is 5.21. The number of nitrogens with one attached hydrogen (secondary N) is 1. The number of carbonyl (C=O) groups is 2. The summed E-state index contributed by atoms with van der Waals surface area (Å²) in [7, 11) is 0. The van der Waals surface area contributed by atoms with Crippen molar-refractivity contribution in [2.24, 2.45) is 0 Å². The summed E-state index contributed by atoms with van der Waals surface area (Å²) in [6.07, 6.45) is 5.10. The van der Waals surface area contributed by atoms with Gasteiger partial charge in [0.2, 0.25) is 0 Å². The first kappa shape index (κ1) is 23.5. The summed E-state index contributed by atoms with van der Waals surface area (Å²) >= 11 is 11.3. The number of thiazole rings is 1. The Balaban J connectivity index is 1.37. The van der Waals surface area contributed by atoms with Gasteiger partial charge in [-0.1, -0.05) is 45.7 Å². The topological polar surface area (TPSA) is 62.3 Å². The number of likely N-dealkylation sites (tertiary alicyclic amines) is 1. The summed E-state index contributed by atoms with van der Waals surface area (Å²) in [5.74, 6) is 0.272. The zero-order chi connectivity index (χ0) is 23.7. The van der Waals surface area contributed by atoms with Crippen molar-refractivity contribution < 1.29 is 9.59 Å². The van der Waals surface area contributed by atoms with Gasteiger partial charge in [-0.2, -0.15) is 0 Å². The summed E-state index contributed by atoms with van der Waals surface area (Å²) in [6.45, 7) is 1.09. The molecule has 0 bridgehead atoms. The molecule has 1 N–H and O–H groups in total. The average molecular weight is 559 g/mol. The predicted octanol–water partition coefficient (Wildman–Crippen LogP) is 6.53. The molecule has 2 amide bonds. The van der Waals surface area contributed by atoms with E-state index in [1.807, 2.05) is 41.3 Å². The number of nitrogens with zero attached hydrogens (tertiary/aromatic N) is 2. The van der Waals surface area contributed by atoms with Gasteiger partial charge < -0.3 is 10.2 Å². The predicted molar refractivity (Wildman–Crippen MR) is 140 cm³/mol. The molecule has 1 saturated heterocycles. The van der Waals surface area contributed by atoms with E-state index in [1.165, 1.54) is 0 Å². The minimum atomic E-state index is -0.136. The van der Waals surface area contributed by atoms with Crippen LogP contribution in [0.5, 0.6) is 0 Å². The Labute approximate surface area is 216 Å². The van der Waals surface area contributed by atoms with E-state index < -0.39 is 0 Å². The molecule has 2 aliphatic rings. The normalized spacial score (nSPS) is 18.1. The minimum Gasteiger partial charge on any atom is -0.350 e. The summed E-state index contributed by atoms with van der Waals surface area (Å²) in [4.78, 5) is 34.1. The Kier molecular flexibility index (Phi) is 7.04. The molecule has 3 aromatic rings. The lowest BCUT2D eigenvalue weighted by Crippen LogP contribution is -2.49. The quantitative estimate of drug-likeness (QED) is 0.374. The molecule has 1 saturated carbocycles. The molecule has 8 heteroatoms. The van der Waals surface area contributed by atoms with Gasteiger partial charge in [-0.25, -0.2) is 4.98 Å². The fourth-order valence-corrected chi connectivity index (χ4v) is 6.18. The van der Waals surface area contributed by atoms with E-state index in [0.717, 1.165) is 52.0 Å². The number of aromatic nitrogens is 1. The molecule has 0 spiro atoms. The van der Waals surface area contributed by atoms with Gasteiger partial charge in [-0.15, -0.1) is 11.3 Å². The number of rotatable bonds is 6. The lowest BCUT2D eigenvalue weighted by Gasteiger charge is -2.35. The van der Waals surface area contributed by atoms with Crippen LogP contribution in [0.1, 0.15) is 63.9 Å². The van der Waals surface area contributed by atoms with Crippen molar-refractivity contribution in [2.45, 2.75) is 44.1 Å². The molecule has 0 radical (unpaired) electrons. The number of amides is 2. The summed E-state index contributed by atoms with van der Waals surface area (Å²) in [5.41, 5.74) is 2.04. The Hall–Kier alpha value is -2.22. The molecule has 1 aliphatic carbocycles. The summed E-state index contributed by atoms with van der Waals surface area (Å²) in [5, 5.41) is 4.71. The number of hydrogen-bond donors (Lipinski definition) is 1. The molecule has 1 aromatic heterocycles. The largest absolute Gasteiger partial charge is 0.350 e. The van der Waals surface area contributed by atoms with E-state index in [2.05, 4.69) is 21.2 Å². The third-order valence-electron chi connectivity index (χ3n) is 6.33. The molecule has 5 rings (SSSR count). The van der Waals surface area contributed by atoms with Gasteiger partial charge >= 0.3 is 0 Å². The van der Waals surface area contributed by atoms with Crippen LogP contribution in [0, 0.1) is 0 Å². The minimum absolute atomic E-state index is 0.0560. The van der Waals surface area contributed by atoms with Crippen LogP contribution in [0.25, 0.3) is 10.4 Å². The van der Waals surface area contributed by atoms with Crippen LogP contribution < -0.4 is 5.32 Å². The van der Waals surface area contributed by atoms with Crippen LogP contribution in [-0.4, -0.2) is 40.8 Å². The van der Waals surface area contributed by atoms with Crippen molar-refractivity contribution in [1.29, 1.82) is 0 Å². The molecule has 1 atom stereocenters. The van der Waals surface area contributed by atoms with E-state index in [1.54, 1.807) is 23.5 Å². The van der Waals surface area contributed by atoms with Gasteiger partial charge in [-0.3, -0.25) is 9.59 Å². The summed E-state index contributed by atoms with van der Waals surface area (Å²) in [6, 6.07) is 14.9. The highest BCUT2D eigenvalue weighted by Gasteiger charge is 2.34. The molecule has 176 valence electrons. The van der Waals surface area contributed by atoms with Gasteiger partial charge in [0.05, 0.1) is 9.88 Å². The van der Waals surface area contributed by atoms with Crippen LogP contribution in [0.2, 0.25) is 5.02 Å². The monoisotopic (exact) mass is 557 g/mol. The third-order valence-corrected chi connectivity index (χ3v) is 8.33. The second kappa shape index (κ2) is 10.2. The van der Waals surface area contributed by atoms with Crippen molar-refractivity contribution in [3.63, 3.8) is 0 Å². The first-order valence-electron chi connectivity index (χ1n) is 11.6. The second-order valence-corrected chi connectivity index (χ2v) is 11.3. The molecular weight excluding hydrogens is 534 g/mol. The summed E-state index contributed by atoms with van der Waals surface area (Å²) < 4.78 is 0.859. The second-order valence-electron chi connectivity index (χ2n) is 8.88. The molecule has 5 nitrogen and oxygen atoms in total. The highest BCUT2D eigenvalue weighted by atomic mass is 79.9. The van der Waals surface area contributed by atoms with E-state index in [4.69, 9.17) is 16.6 Å². The zero-order valence-corrected chi connectivity index (χ0v) is 21.8. The molecule has 34 heavy (non-hydrogen) atoms. The van der Waals surface area contributed by atoms with Crippen LogP contribution in [-0.2, 0) is 0 Å². The van der Waals surface area contributed by atoms with Gasteiger partial charge in [0.25, 0.3) is 11.8 Å². The smallest absolute Gasteiger partial charge is 0.274 e. The highest BCUT2D eigenvalue weighted by Crippen LogP contribution is 2.45. The molecule has 2 aromatic carbocycles. The van der Waals surface area contributed by atoms with Gasteiger partial charge in [0.1, 0.15) is 5.69 Å². The Bertz CT molecular complexity index is 1230. The van der Waals surface area contributed by atoms with Crippen LogP contribution in [0.3, 0.4) is 0 Å². The lowest BCUT2D eigenvalue weighted by atomic mass is 10.0. The first-order chi connectivity index (χ1) is 16.5. The maximum Gasteiger partial charge on any atom is 0.274 e. The number of carbonyl (C=O) groups excluding carboxylic acids is 2. The first-order valence-corrected chi connectivity index (χ1v) is 13.6. The van der Waals surface area contributed by atoms with E-state index >= 15 is 0 Å². The number of piperidine rings is 1. The molecular formula is C26H25BrClN3O2S. The molecule has 2 fully saturated rings. The average Bonchev–Trinajstić information content (AvgIpc) is 3.60. The Morgan fingerprint density at radius 2 is 1.94 bits per heavy atom. The van der Waals surface area contributed by atoms with Crippen molar-refractivity contribution in [3.8, 4) is 10.4 Å². The number of benzene rings is 2. The maximum atomic E-state index is 13.8. The van der Waals surface area contributed by atoms with E-state index in [9.17, 15) is 9.59 Å². The van der Waals surface area contributed by atoms with E-state index in [0.29, 0.717) is 35.3 Å². The van der Waals surface area contributed by atoms with Crippen molar-refractivity contribution in [3.05, 3.63) is 74.3 Å². The fraction of sp³-hybridized carbons (Fsp3) is 0.346. The zero-order valence-electron chi connectivity index (χ0n) is 18.6. The Morgan fingerprint density at radius 3 is 2.71 bits per heavy atom. The van der Waals surface area contributed by atoms with Gasteiger partial charge in [0.15, 0.2) is 0 Å². The van der Waals surface area contributed by atoms with Crippen LogP contribution in [0.4, 0.5) is 0 Å². The van der Waals surface area contributed by atoms with Crippen LogP contribution >= 0.6 is 38.9 Å². The molecule has 0 unspecified atom stereocenters. The standard InChI is InChI=1S/C26H25BrClN3O2S/c27-19-7-3-6-18(13-19)24(32)29-15-21-9-1-2-12-31(21)26(33)22-23(17-5-4-8-20(28)14-17)34-25(30-22)16-10-11-16/h3-8,13-14,16,21H,1-2,9-12,15H2,(H,29,32)/t21-/m0/s1. The van der Waals surface area contributed by atoms with Crippen molar-refractivity contribution in [1.82, 2.24) is 15.2 Å². The number of halogens is 2. The van der Waals surface area contributed by atoms with Crippen molar-refractivity contribution in [2.75, 3.05) is 13.1 Å².